The molecular weight excluding hydrogens is 246 g/mol. The van der Waals surface area contributed by atoms with Crippen LogP contribution < -0.4 is 10.1 Å². The highest BCUT2D eigenvalue weighted by Gasteiger charge is 2.27. The number of ether oxygens (including phenoxy) is 1. The van der Waals surface area contributed by atoms with Gasteiger partial charge in [0.25, 0.3) is 0 Å². The van der Waals surface area contributed by atoms with Crippen molar-refractivity contribution >= 4 is 0 Å². The molecule has 1 aromatic rings. The third kappa shape index (κ3) is 3.99. The van der Waals surface area contributed by atoms with Crippen LogP contribution in [-0.4, -0.2) is 13.2 Å². The summed E-state index contributed by atoms with van der Waals surface area (Å²) in [6.07, 6.45) is 6.42. The van der Waals surface area contributed by atoms with Crippen molar-refractivity contribution in [2.45, 2.75) is 65.0 Å². The summed E-state index contributed by atoms with van der Waals surface area (Å²) in [7, 11) is 2.02. The molecule has 1 aliphatic carbocycles. The van der Waals surface area contributed by atoms with E-state index in [0.29, 0.717) is 17.6 Å². The first-order valence-corrected chi connectivity index (χ1v) is 7.98. The lowest BCUT2D eigenvalue weighted by atomic mass is 9.76. The number of nitrogens with one attached hydrogen (secondary N) is 1. The maximum Gasteiger partial charge on any atom is 0.119 e. The molecule has 0 saturated heterocycles. The zero-order chi connectivity index (χ0) is 14.6. The summed E-state index contributed by atoms with van der Waals surface area (Å²) >= 11 is 0. The van der Waals surface area contributed by atoms with Crippen molar-refractivity contribution in [3.63, 3.8) is 0 Å². The van der Waals surface area contributed by atoms with Crippen molar-refractivity contribution in [1.29, 1.82) is 0 Å². The molecule has 0 amide bonds. The Morgan fingerprint density at radius 1 is 1.20 bits per heavy atom. The van der Waals surface area contributed by atoms with Crippen molar-refractivity contribution in [2.24, 2.45) is 5.41 Å². The van der Waals surface area contributed by atoms with Gasteiger partial charge in [0.1, 0.15) is 5.75 Å². The Morgan fingerprint density at radius 3 is 2.30 bits per heavy atom. The number of hydrogen-bond donors (Lipinski definition) is 1. The van der Waals surface area contributed by atoms with E-state index in [1.54, 1.807) is 0 Å². The van der Waals surface area contributed by atoms with Crippen molar-refractivity contribution in [2.75, 3.05) is 7.05 Å². The predicted octanol–water partition coefficient (Wildman–Crippen LogP) is 4.70. The molecule has 2 rings (SSSR count). The molecule has 1 N–H and O–H groups in total. The van der Waals surface area contributed by atoms with Gasteiger partial charge in [-0.2, -0.15) is 0 Å². The Bertz CT molecular complexity index is 396. The van der Waals surface area contributed by atoms with E-state index >= 15 is 0 Å². The van der Waals surface area contributed by atoms with Gasteiger partial charge in [0, 0.05) is 6.04 Å². The summed E-state index contributed by atoms with van der Waals surface area (Å²) in [6, 6.07) is 9.06. The van der Waals surface area contributed by atoms with E-state index in [9.17, 15) is 0 Å². The van der Waals surface area contributed by atoms with Crippen molar-refractivity contribution in [3.8, 4) is 5.75 Å². The van der Waals surface area contributed by atoms with E-state index in [-0.39, 0.29) is 0 Å². The molecule has 1 aliphatic rings. The van der Waals surface area contributed by atoms with Gasteiger partial charge in [-0.25, -0.2) is 0 Å². The fraction of sp³-hybridized carbons (Fsp3) is 0.667. The fourth-order valence-corrected chi connectivity index (χ4v) is 3.07. The minimum atomic E-state index is 0.403. The van der Waals surface area contributed by atoms with Gasteiger partial charge in [0.2, 0.25) is 0 Å². The molecule has 0 bridgehead atoms. The van der Waals surface area contributed by atoms with Crippen LogP contribution in [0.25, 0.3) is 0 Å². The minimum absolute atomic E-state index is 0.403. The Morgan fingerprint density at radius 2 is 1.80 bits per heavy atom. The first-order chi connectivity index (χ1) is 9.54. The van der Waals surface area contributed by atoms with E-state index in [4.69, 9.17) is 4.74 Å². The number of rotatable bonds is 5. The highest BCUT2D eigenvalue weighted by Crippen LogP contribution is 2.36. The average Bonchev–Trinajstić information content (AvgIpc) is 2.44. The monoisotopic (exact) mass is 275 g/mol. The molecule has 2 heteroatoms. The van der Waals surface area contributed by atoms with Crippen LogP contribution in [0.1, 0.15) is 64.5 Å². The topological polar surface area (TPSA) is 21.3 Å². The highest BCUT2D eigenvalue weighted by atomic mass is 16.5. The molecule has 0 aromatic heterocycles. The SMILES string of the molecule is CCC(NC)c1ccc(OC2CCC(C)(C)CC2)cc1. The minimum Gasteiger partial charge on any atom is -0.490 e. The van der Waals surface area contributed by atoms with Gasteiger partial charge in [-0.3, -0.25) is 0 Å². The Hall–Kier alpha value is -1.02. The van der Waals surface area contributed by atoms with Crippen LogP contribution in [0, 0.1) is 5.41 Å². The van der Waals surface area contributed by atoms with E-state index in [2.05, 4.69) is 50.4 Å². The van der Waals surface area contributed by atoms with Gasteiger partial charge in [-0.1, -0.05) is 32.9 Å². The Balaban J connectivity index is 1.91. The molecule has 20 heavy (non-hydrogen) atoms. The molecule has 1 unspecified atom stereocenters. The van der Waals surface area contributed by atoms with Crippen molar-refractivity contribution < 1.29 is 4.74 Å². The molecule has 1 fully saturated rings. The van der Waals surface area contributed by atoms with Crippen LogP contribution in [0.2, 0.25) is 0 Å². The van der Waals surface area contributed by atoms with E-state index in [1.165, 1.54) is 31.2 Å². The first kappa shape index (κ1) is 15.4. The second-order valence-electron chi connectivity index (χ2n) is 6.80. The van der Waals surface area contributed by atoms with Crippen molar-refractivity contribution in [3.05, 3.63) is 29.8 Å². The first-order valence-electron chi connectivity index (χ1n) is 7.98. The van der Waals surface area contributed by atoms with Gasteiger partial charge in [0.05, 0.1) is 6.10 Å². The standard InChI is InChI=1S/C18H29NO/c1-5-17(19-4)14-6-8-15(9-7-14)20-16-10-12-18(2,3)13-11-16/h6-9,16-17,19H,5,10-13H2,1-4H3. The summed E-state index contributed by atoms with van der Waals surface area (Å²) < 4.78 is 6.13. The predicted molar refractivity (Wildman–Crippen MR) is 85.2 cm³/mol. The quantitative estimate of drug-likeness (QED) is 0.840. The molecule has 112 valence electrons. The van der Waals surface area contributed by atoms with E-state index < -0.39 is 0 Å². The van der Waals surface area contributed by atoms with Crippen LogP contribution in [0.3, 0.4) is 0 Å². The number of hydrogen-bond acceptors (Lipinski definition) is 2. The van der Waals surface area contributed by atoms with Crippen molar-refractivity contribution in [1.82, 2.24) is 5.32 Å². The maximum absolute atomic E-state index is 6.13. The zero-order valence-corrected chi connectivity index (χ0v) is 13.4. The van der Waals surface area contributed by atoms with E-state index in [0.717, 1.165) is 12.2 Å². The van der Waals surface area contributed by atoms with Gasteiger partial charge < -0.3 is 10.1 Å². The highest BCUT2D eigenvalue weighted by molar-refractivity contribution is 5.29. The molecule has 0 heterocycles. The van der Waals surface area contributed by atoms with Gasteiger partial charge >= 0.3 is 0 Å². The summed E-state index contributed by atoms with van der Waals surface area (Å²) in [4.78, 5) is 0. The Labute approximate surface area is 123 Å². The van der Waals surface area contributed by atoms with Crippen LogP contribution >= 0.6 is 0 Å². The van der Waals surface area contributed by atoms with E-state index in [1.807, 2.05) is 7.05 Å². The number of benzene rings is 1. The maximum atomic E-state index is 6.13. The van der Waals surface area contributed by atoms with Gasteiger partial charge in [0.15, 0.2) is 0 Å². The van der Waals surface area contributed by atoms with Crippen LogP contribution in [0.15, 0.2) is 24.3 Å². The van der Waals surface area contributed by atoms with Crippen LogP contribution in [0.4, 0.5) is 0 Å². The third-order valence-corrected chi connectivity index (χ3v) is 4.63. The second kappa shape index (κ2) is 6.62. The molecule has 0 radical (unpaired) electrons. The fourth-order valence-electron chi connectivity index (χ4n) is 3.07. The van der Waals surface area contributed by atoms with Gasteiger partial charge in [-0.05, 0) is 62.3 Å². The lowest BCUT2D eigenvalue weighted by Gasteiger charge is -2.34. The zero-order valence-electron chi connectivity index (χ0n) is 13.4. The summed E-state index contributed by atoms with van der Waals surface area (Å²) in [6.45, 7) is 6.93. The molecule has 1 aromatic carbocycles. The molecular formula is C18H29NO. The third-order valence-electron chi connectivity index (χ3n) is 4.63. The summed E-state index contributed by atoms with van der Waals surface area (Å²) in [5, 5.41) is 3.34. The molecule has 0 spiro atoms. The largest absolute Gasteiger partial charge is 0.490 e. The molecule has 1 saturated carbocycles. The molecule has 2 nitrogen and oxygen atoms in total. The average molecular weight is 275 g/mol. The molecule has 0 aliphatic heterocycles. The summed E-state index contributed by atoms with van der Waals surface area (Å²) in [5.41, 5.74) is 1.84. The Kier molecular flexibility index (Phi) is 5.09. The van der Waals surface area contributed by atoms with Crippen LogP contribution in [-0.2, 0) is 0 Å². The normalized spacial score (nSPS) is 20.6. The molecule has 1 atom stereocenters. The second-order valence-corrected chi connectivity index (χ2v) is 6.80. The lowest BCUT2D eigenvalue weighted by molar-refractivity contribution is 0.0987. The lowest BCUT2D eigenvalue weighted by Crippen LogP contribution is -2.28. The van der Waals surface area contributed by atoms with Crippen LogP contribution in [0.5, 0.6) is 5.75 Å². The smallest absolute Gasteiger partial charge is 0.119 e. The van der Waals surface area contributed by atoms with Gasteiger partial charge in [-0.15, -0.1) is 0 Å². The summed E-state index contributed by atoms with van der Waals surface area (Å²) in [5.74, 6) is 1.02.